The molecular formula is C12H26Si. The van der Waals surface area contributed by atoms with Gasteiger partial charge in [-0.05, 0) is 11.8 Å². The van der Waals surface area contributed by atoms with Gasteiger partial charge in [0, 0.05) is 0 Å². The van der Waals surface area contributed by atoms with E-state index < -0.39 is 8.80 Å². The lowest BCUT2D eigenvalue weighted by Crippen LogP contribution is -2.20. The minimum absolute atomic E-state index is 0.411. The van der Waals surface area contributed by atoms with E-state index in [0.717, 1.165) is 0 Å². The SMILES string of the molecule is CCCCC=C([SiH](C)C)C(C)(C)C. The fourth-order valence-corrected chi connectivity index (χ4v) is 4.24. The van der Waals surface area contributed by atoms with Crippen LogP contribution in [0.3, 0.4) is 0 Å². The van der Waals surface area contributed by atoms with Crippen LogP contribution in [-0.4, -0.2) is 8.80 Å². The Hall–Kier alpha value is -0.0431. The van der Waals surface area contributed by atoms with Gasteiger partial charge in [0.25, 0.3) is 0 Å². The zero-order chi connectivity index (χ0) is 10.5. The summed E-state index contributed by atoms with van der Waals surface area (Å²) in [6.45, 7) is 14.2. The lowest BCUT2D eigenvalue weighted by Gasteiger charge is -2.26. The van der Waals surface area contributed by atoms with Gasteiger partial charge < -0.3 is 0 Å². The molecule has 0 spiro atoms. The third-order valence-corrected chi connectivity index (χ3v) is 4.76. The largest absolute Gasteiger partial charge is 0.0890 e. The van der Waals surface area contributed by atoms with Crippen molar-refractivity contribution in [3.05, 3.63) is 11.3 Å². The fourth-order valence-electron chi connectivity index (χ4n) is 1.87. The molecule has 0 saturated heterocycles. The van der Waals surface area contributed by atoms with E-state index >= 15 is 0 Å². The molecule has 13 heavy (non-hydrogen) atoms. The van der Waals surface area contributed by atoms with Crippen molar-refractivity contribution in [2.75, 3.05) is 0 Å². The Kier molecular flexibility index (Phi) is 5.62. The van der Waals surface area contributed by atoms with E-state index in [4.69, 9.17) is 0 Å². The van der Waals surface area contributed by atoms with Crippen molar-refractivity contribution < 1.29 is 0 Å². The molecule has 0 bridgehead atoms. The molecule has 0 saturated carbocycles. The molecule has 0 aliphatic heterocycles. The van der Waals surface area contributed by atoms with Gasteiger partial charge in [0.05, 0.1) is 8.80 Å². The Bertz CT molecular complexity index is 160. The summed E-state index contributed by atoms with van der Waals surface area (Å²) in [5, 5.41) is 1.75. The van der Waals surface area contributed by atoms with Gasteiger partial charge in [-0.2, -0.15) is 0 Å². The van der Waals surface area contributed by atoms with Crippen molar-refractivity contribution in [1.29, 1.82) is 0 Å². The normalized spacial score (nSPS) is 13.9. The molecule has 0 atom stereocenters. The van der Waals surface area contributed by atoms with Crippen molar-refractivity contribution >= 4 is 8.80 Å². The Labute approximate surface area is 86.0 Å². The summed E-state index contributed by atoms with van der Waals surface area (Å²) in [7, 11) is -0.592. The van der Waals surface area contributed by atoms with Crippen molar-refractivity contribution in [2.24, 2.45) is 5.41 Å². The highest BCUT2D eigenvalue weighted by Crippen LogP contribution is 2.27. The third-order valence-electron chi connectivity index (χ3n) is 2.41. The minimum atomic E-state index is -0.592. The standard InChI is InChI=1S/C12H26Si/c1-7-8-9-10-11(13(5)6)12(2,3)4/h10,13H,7-9H2,1-6H3. The first kappa shape index (κ1) is 13.0. The molecule has 0 N–H and O–H groups in total. The lowest BCUT2D eigenvalue weighted by molar-refractivity contribution is 0.524. The third kappa shape index (κ3) is 5.30. The quantitative estimate of drug-likeness (QED) is 0.470. The maximum absolute atomic E-state index is 2.51. The summed E-state index contributed by atoms with van der Waals surface area (Å²) in [4.78, 5) is 0. The maximum atomic E-state index is 2.51. The second-order valence-electron chi connectivity index (χ2n) is 5.21. The van der Waals surface area contributed by atoms with Crippen LogP contribution < -0.4 is 0 Å². The maximum Gasteiger partial charge on any atom is 0.0598 e. The van der Waals surface area contributed by atoms with Crippen LogP contribution in [0.2, 0.25) is 13.1 Å². The van der Waals surface area contributed by atoms with Gasteiger partial charge in [-0.25, -0.2) is 0 Å². The number of rotatable bonds is 4. The monoisotopic (exact) mass is 198 g/mol. The van der Waals surface area contributed by atoms with E-state index in [1.165, 1.54) is 19.3 Å². The van der Waals surface area contributed by atoms with E-state index in [2.05, 4.69) is 46.9 Å². The van der Waals surface area contributed by atoms with Crippen molar-refractivity contribution in [3.63, 3.8) is 0 Å². The van der Waals surface area contributed by atoms with Crippen LogP contribution in [0, 0.1) is 5.41 Å². The smallest absolute Gasteiger partial charge is 0.0598 e. The molecule has 0 aliphatic rings. The summed E-state index contributed by atoms with van der Waals surface area (Å²) >= 11 is 0. The molecule has 0 aromatic carbocycles. The molecule has 0 aromatic heterocycles. The average molecular weight is 198 g/mol. The molecule has 0 radical (unpaired) electrons. The summed E-state index contributed by atoms with van der Waals surface area (Å²) in [6.07, 6.45) is 6.46. The highest BCUT2D eigenvalue weighted by Gasteiger charge is 2.19. The summed E-state index contributed by atoms with van der Waals surface area (Å²) in [5.41, 5.74) is 0.411. The van der Waals surface area contributed by atoms with Crippen LogP contribution in [0.15, 0.2) is 11.3 Å². The first-order chi connectivity index (χ1) is 5.89. The molecule has 0 amide bonds. The van der Waals surface area contributed by atoms with Gasteiger partial charge in [0.1, 0.15) is 0 Å². The van der Waals surface area contributed by atoms with Crippen LogP contribution in [0.4, 0.5) is 0 Å². The zero-order valence-corrected chi connectivity index (χ0v) is 11.4. The predicted octanol–water partition coefficient (Wildman–Crippen LogP) is 4.18. The number of hydrogen-bond donors (Lipinski definition) is 0. The number of hydrogen-bond acceptors (Lipinski definition) is 0. The van der Waals surface area contributed by atoms with Crippen LogP contribution >= 0.6 is 0 Å². The van der Waals surface area contributed by atoms with E-state index in [1.54, 1.807) is 5.20 Å². The fraction of sp³-hybridized carbons (Fsp3) is 0.833. The highest BCUT2D eigenvalue weighted by molar-refractivity contribution is 6.64. The summed E-state index contributed by atoms with van der Waals surface area (Å²) < 4.78 is 0. The summed E-state index contributed by atoms with van der Waals surface area (Å²) in [6, 6.07) is 0. The molecule has 0 nitrogen and oxygen atoms in total. The van der Waals surface area contributed by atoms with Crippen LogP contribution in [0.5, 0.6) is 0 Å². The Morgan fingerprint density at radius 1 is 1.23 bits per heavy atom. The Morgan fingerprint density at radius 3 is 2.08 bits per heavy atom. The van der Waals surface area contributed by atoms with Crippen molar-refractivity contribution in [2.45, 2.75) is 60.1 Å². The molecule has 0 heterocycles. The van der Waals surface area contributed by atoms with Gasteiger partial charge in [-0.3, -0.25) is 0 Å². The molecule has 0 rings (SSSR count). The topological polar surface area (TPSA) is 0 Å². The minimum Gasteiger partial charge on any atom is -0.0890 e. The van der Waals surface area contributed by atoms with Crippen LogP contribution in [0.1, 0.15) is 47.0 Å². The first-order valence-electron chi connectivity index (χ1n) is 5.60. The molecule has 0 unspecified atom stereocenters. The van der Waals surface area contributed by atoms with Gasteiger partial charge >= 0.3 is 0 Å². The molecule has 0 aromatic rings. The van der Waals surface area contributed by atoms with E-state index in [9.17, 15) is 0 Å². The van der Waals surface area contributed by atoms with Crippen molar-refractivity contribution in [3.8, 4) is 0 Å². The average Bonchev–Trinajstić information content (AvgIpc) is 1.94. The highest BCUT2D eigenvalue weighted by atomic mass is 28.3. The van der Waals surface area contributed by atoms with Gasteiger partial charge in [0.2, 0.25) is 0 Å². The van der Waals surface area contributed by atoms with Gasteiger partial charge in [0.15, 0.2) is 0 Å². The van der Waals surface area contributed by atoms with Gasteiger partial charge in [-0.1, -0.05) is 64.9 Å². The van der Waals surface area contributed by atoms with E-state index in [0.29, 0.717) is 5.41 Å². The molecule has 1 heteroatoms. The second kappa shape index (κ2) is 5.64. The van der Waals surface area contributed by atoms with E-state index in [-0.39, 0.29) is 0 Å². The number of unbranched alkanes of at least 4 members (excludes halogenated alkanes) is 2. The number of allylic oxidation sites excluding steroid dienone is 2. The summed E-state index contributed by atoms with van der Waals surface area (Å²) in [5.74, 6) is 0. The van der Waals surface area contributed by atoms with Gasteiger partial charge in [-0.15, -0.1) is 0 Å². The molecule has 0 fully saturated rings. The molecule has 78 valence electrons. The molecule has 0 aliphatic carbocycles. The predicted molar refractivity (Wildman–Crippen MR) is 65.9 cm³/mol. The van der Waals surface area contributed by atoms with E-state index in [1.807, 2.05) is 0 Å². The van der Waals surface area contributed by atoms with Crippen LogP contribution in [0.25, 0.3) is 0 Å². The van der Waals surface area contributed by atoms with Crippen molar-refractivity contribution in [1.82, 2.24) is 0 Å². The Morgan fingerprint density at radius 2 is 1.77 bits per heavy atom. The second-order valence-corrected chi connectivity index (χ2v) is 8.14. The lowest BCUT2D eigenvalue weighted by atomic mass is 9.95. The van der Waals surface area contributed by atoms with Crippen LogP contribution in [-0.2, 0) is 0 Å². The zero-order valence-electron chi connectivity index (χ0n) is 10.3. The Balaban J connectivity index is 4.34. The molecular weight excluding hydrogens is 172 g/mol. The first-order valence-corrected chi connectivity index (χ1v) is 8.48.